The molecule has 0 spiro atoms. The van der Waals surface area contributed by atoms with Crippen LogP contribution < -0.4 is 0 Å². The summed E-state index contributed by atoms with van der Waals surface area (Å²) in [4.78, 5) is 33.9. The van der Waals surface area contributed by atoms with E-state index in [9.17, 15) is 19.8 Å². The number of carbonyl (C=O) groups is 2. The second-order valence-corrected chi connectivity index (χ2v) is 11.8. The number of Topliss-reactive ketones (excluding diaryl/α,β-unsaturated/α-hetero) is 1. The lowest BCUT2D eigenvalue weighted by Crippen LogP contribution is -2.62. The summed E-state index contributed by atoms with van der Waals surface area (Å²) >= 11 is 1.25. The molecule has 3 saturated carbocycles. The Balaban J connectivity index is 1.45. The van der Waals surface area contributed by atoms with E-state index in [4.69, 9.17) is 0 Å². The molecule has 33 heavy (non-hydrogen) atoms. The molecule has 0 bridgehead atoms. The predicted molar refractivity (Wildman–Crippen MR) is 125 cm³/mol. The van der Waals surface area contributed by atoms with Gasteiger partial charge in [-0.15, -0.1) is 0 Å². The van der Waals surface area contributed by atoms with Crippen LogP contribution in [0.4, 0.5) is 0 Å². The fourth-order valence-electron chi connectivity index (χ4n) is 7.85. The molecule has 5 rings (SSSR count). The number of hydrogen-bond acceptors (Lipinski definition) is 7. The lowest BCUT2D eigenvalue weighted by atomic mass is 9.46. The minimum Gasteiger partial charge on any atom is -0.393 e. The Morgan fingerprint density at radius 3 is 2.73 bits per heavy atom. The standard InChI is InChI=1S/C26H32N2O4S/c1-15-11-19-18-6-5-16-12-17(29)7-8-24(16,2)22(18)20(30)13-25(19,3)26(15,32)21(31)14-33-23-27-9-4-10-28-23/h4,7-10,12,15,18-20,22,30,32H,5-6,11,13-14H2,1-3H3/t15-,18?,19?,20?,22?,24?,25?,26+/m1/s1. The average molecular weight is 469 g/mol. The number of aliphatic hydroxyl groups excluding tert-OH is 1. The molecule has 0 amide bonds. The summed E-state index contributed by atoms with van der Waals surface area (Å²) in [6.45, 7) is 6.12. The van der Waals surface area contributed by atoms with Gasteiger partial charge in [-0.1, -0.05) is 44.2 Å². The minimum atomic E-state index is -1.50. The quantitative estimate of drug-likeness (QED) is 0.516. The molecule has 0 saturated heterocycles. The Hall–Kier alpha value is -1.83. The molecule has 4 aliphatic carbocycles. The second kappa shape index (κ2) is 7.85. The van der Waals surface area contributed by atoms with Crippen molar-refractivity contribution in [3.8, 4) is 0 Å². The Labute approximate surface area is 199 Å². The normalized spacial score (nSPS) is 44.0. The van der Waals surface area contributed by atoms with Gasteiger partial charge in [0.25, 0.3) is 0 Å². The number of hydrogen-bond donors (Lipinski definition) is 2. The molecule has 0 aromatic carbocycles. The SMILES string of the molecule is C[C@@H]1CC2C3CCC4=CC(=O)C=CC4(C)C3C(O)CC2(C)[C@@]1(O)C(=O)CSc1ncccn1. The smallest absolute Gasteiger partial charge is 0.187 e. The number of thioether (sulfide) groups is 1. The van der Waals surface area contributed by atoms with Crippen molar-refractivity contribution in [1.82, 2.24) is 9.97 Å². The van der Waals surface area contributed by atoms with Gasteiger partial charge in [0.2, 0.25) is 0 Å². The molecule has 6 nitrogen and oxygen atoms in total. The van der Waals surface area contributed by atoms with Crippen LogP contribution in [0.1, 0.15) is 46.5 Å². The van der Waals surface area contributed by atoms with Crippen LogP contribution in [0.25, 0.3) is 0 Å². The number of rotatable bonds is 4. The van der Waals surface area contributed by atoms with Crippen LogP contribution in [0, 0.1) is 34.5 Å². The highest BCUT2D eigenvalue weighted by Crippen LogP contribution is 2.68. The van der Waals surface area contributed by atoms with Gasteiger partial charge in [-0.05, 0) is 61.7 Å². The maximum atomic E-state index is 13.5. The molecule has 7 heteroatoms. The zero-order valence-electron chi connectivity index (χ0n) is 19.4. The largest absolute Gasteiger partial charge is 0.393 e. The molecule has 4 aliphatic rings. The van der Waals surface area contributed by atoms with Crippen LogP contribution in [0.3, 0.4) is 0 Å². The summed E-state index contributed by atoms with van der Waals surface area (Å²) in [6.07, 6.45) is 10.8. The number of nitrogens with zero attached hydrogens (tertiary/aromatic N) is 2. The highest BCUT2D eigenvalue weighted by Gasteiger charge is 2.70. The lowest BCUT2D eigenvalue weighted by Gasteiger charge is -2.59. The summed E-state index contributed by atoms with van der Waals surface area (Å²) in [7, 11) is 0. The molecular formula is C26H32N2O4S. The van der Waals surface area contributed by atoms with E-state index in [-0.39, 0.29) is 46.4 Å². The fraction of sp³-hybridized carbons (Fsp3) is 0.615. The van der Waals surface area contributed by atoms with E-state index in [0.29, 0.717) is 11.6 Å². The third kappa shape index (κ3) is 3.22. The van der Waals surface area contributed by atoms with Gasteiger partial charge in [0.05, 0.1) is 11.9 Å². The van der Waals surface area contributed by atoms with E-state index < -0.39 is 17.1 Å². The van der Waals surface area contributed by atoms with Crippen LogP contribution in [0.2, 0.25) is 0 Å². The Morgan fingerprint density at radius 2 is 2.00 bits per heavy atom. The topological polar surface area (TPSA) is 100 Å². The highest BCUT2D eigenvalue weighted by molar-refractivity contribution is 7.99. The first-order valence-corrected chi connectivity index (χ1v) is 12.9. The second-order valence-electron chi connectivity index (χ2n) is 10.9. The maximum absolute atomic E-state index is 13.5. The first-order valence-electron chi connectivity index (χ1n) is 11.9. The van der Waals surface area contributed by atoms with Crippen molar-refractivity contribution >= 4 is 23.3 Å². The average Bonchev–Trinajstić information content (AvgIpc) is 2.99. The van der Waals surface area contributed by atoms with E-state index >= 15 is 0 Å². The van der Waals surface area contributed by atoms with Crippen LogP contribution in [-0.2, 0) is 9.59 Å². The number of ketones is 2. The van der Waals surface area contributed by atoms with Gasteiger partial charge in [0.1, 0.15) is 5.60 Å². The maximum Gasteiger partial charge on any atom is 0.187 e. The highest BCUT2D eigenvalue weighted by atomic mass is 32.2. The number of allylic oxidation sites excluding steroid dienone is 4. The summed E-state index contributed by atoms with van der Waals surface area (Å²) in [5.74, 6) is 0.0325. The third-order valence-electron chi connectivity index (χ3n) is 9.38. The van der Waals surface area contributed by atoms with Gasteiger partial charge in [-0.3, -0.25) is 9.59 Å². The number of aromatic nitrogens is 2. The molecule has 6 unspecified atom stereocenters. The number of carbonyl (C=O) groups excluding carboxylic acids is 2. The monoisotopic (exact) mass is 468 g/mol. The Bertz CT molecular complexity index is 1040. The van der Waals surface area contributed by atoms with E-state index in [1.807, 2.05) is 19.9 Å². The lowest BCUT2D eigenvalue weighted by molar-refractivity contribution is -0.179. The number of aliphatic hydroxyl groups is 2. The zero-order chi connectivity index (χ0) is 23.6. The van der Waals surface area contributed by atoms with Crippen molar-refractivity contribution in [2.24, 2.45) is 34.5 Å². The minimum absolute atomic E-state index is 0.0170. The molecule has 2 N–H and O–H groups in total. The first-order chi connectivity index (χ1) is 15.6. The van der Waals surface area contributed by atoms with Crippen LogP contribution in [-0.4, -0.2) is 49.2 Å². The molecule has 8 atom stereocenters. The van der Waals surface area contributed by atoms with E-state index in [2.05, 4.69) is 16.9 Å². The summed E-state index contributed by atoms with van der Waals surface area (Å²) in [5.41, 5.74) is -1.45. The van der Waals surface area contributed by atoms with Gasteiger partial charge >= 0.3 is 0 Å². The van der Waals surface area contributed by atoms with Gasteiger partial charge in [0, 0.05) is 29.1 Å². The van der Waals surface area contributed by atoms with Crippen molar-refractivity contribution in [3.05, 3.63) is 42.3 Å². The predicted octanol–water partition coefficient (Wildman–Crippen LogP) is 3.39. The van der Waals surface area contributed by atoms with Crippen molar-refractivity contribution in [2.75, 3.05) is 5.75 Å². The summed E-state index contributed by atoms with van der Waals surface area (Å²) in [5, 5.41) is 24.0. The first kappa shape index (κ1) is 22.9. The van der Waals surface area contributed by atoms with Crippen molar-refractivity contribution in [2.45, 2.75) is 63.3 Å². The summed E-state index contributed by atoms with van der Waals surface area (Å²) < 4.78 is 0. The van der Waals surface area contributed by atoms with Gasteiger partial charge < -0.3 is 10.2 Å². The van der Waals surface area contributed by atoms with E-state index in [1.165, 1.54) is 11.8 Å². The van der Waals surface area contributed by atoms with Crippen molar-refractivity contribution < 1.29 is 19.8 Å². The van der Waals surface area contributed by atoms with E-state index in [0.717, 1.165) is 24.8 Å². The van der Waals surface area contributed by atoms with Gasteiger partial charge in [-0.2, -0.15) is 0 Å². The fourth-order valence-corrected chi connectivity index (χ4v) is 8.60. The van der Waals surface area contributed by atoms with Gasteiger partial charge in [0.15, 0.2) is 16.7 Å². The van der Waals surface area contributed by atoms with Crippen LogP contribution >= 0.6 is 11.8 Å². The van der Waals surface area contributed by atoms with Gasteiger partial charge in [-0.25, -0.2) is 9.97 Å². The van der Waals surface area contributed by atoms with Crippen molar-refractivity contribution in [1.29, 1.82) is 0 Å². The molecule has 1 heterocycles. The van der Waals surface area contributed by atoms with Crippen molar-refractivity contribution in [3.63, 3.8) is 0 Å². The zero-order valence-corrected chi connectivity index (χ0v) is 20.2. The molecular weight excluding hydrogens is 436 g/mol. The van der Waals surface area contributed by atoms with Crippen LogP contribution in [0.5, 0.6) is 0 Å². The van der Waals surface area contributed by atoms with E-state index in [1.54, 1.807) is 30.6 Å². The van der Waals surface area contributed by atoms with Crippen LogP contribution in [0.15, 0.2) is 47.4 Å². The summed E-state index contributed by atoms with van der Waals surface area (Å²) in [6, 6.07) is 1.73. The Morgan fingerprint density at radius 1 is 1.27 bits per heavy atom. The molecule has 176 valence electrons. The molecule has 1 aromatic heterocycles. The molecule has 0 radical (unpaired) electrons. The Kier molecular flexibility index (Phi) is 5.46. The molecule has 1 aromatic rings. The number of fused-ring (bicyclic) bond motifs is 5. The molecule has 0 aliphatic heterocycles. The molecule has 3 fully saturated rings. The third-order valence-corrected chi connectivity index (χ3v) is 10.3.